The predicted octanol–water partition coefficient (Wildman–Crippen LogP) is 0.978. The molecule has 1 rings (SSSR count). The van der Waals surface area contributed by atoms with E-state index in [2.05, 4.69) is 26.6 Å². The molecule has 0 fully saturated rings. The van der Waals surface area contributed by atoms with Gasteiger partial charge < -0.3 is 61.1 Å². The summed E-state index contributed by atoms with van der Waals surface area (Å²) < 4.78 is 26.5. The number of primary amides is 1. The summed E-state index contributed by atoms with van der Waals surface area (Å²) in [7, 11) is 0. The van der Waals surface area contributed by atoms with Gasteiger partial charge in [0.25, 0.3) is 0 Å². The lowest BCUT2D eigenvalue weighted by atomic mass is 10.0. The van der Waals surface area contributed by atoms with E-state index in [9.17, 15) is 38.7 Å². The minimum absolute atomic E-state index is 0.0155. The fourth-order valence-electron chi connectivity index (χ4n) is 4.81. The van der Waals surface area contributed by atoms with Gasteiger partial charge in [-0.15, -0.1) is 0 Å². The summed E-state index contributed by atoms with van der Waals surface area (Å²) in [6, 6.07) is 2.16. The Labute approximate surface area is 327 Å². The summed E-state index contributed by atoms with van der Waals surface area (Å²) in [5, 5.41) is 22.2. The molecule has 3 atom stereocenters. The minimum atomic E-state index is -1.29. The van der Waals surface area contributed by atoms with Crippen LogP contribution in [0.25, 0.3) is 0 Å². The van der Waals surface area contributed by atoms with Gasteiger partial charge in [0.2, 0.25) is 23.6 Å². The second kappa shape index (κ2) is 29.4. The molecule has 1 aromatic rings. The van der Waals surface area contributed by atoms with E-state index in [1.165, 1.54) is 6.92 Å². The lowest BCUT2D eigenvalue weighted by molar-refractivity contribution is -0.142. The van der Waals surface area contributed by atoms with Crippen LogP contribution < -0.4 is 32.3 Å². The van der Waals surface area contributed by atoms with Crippen molar-refractivity contribution in [2.24, 2.45) is 11.7 Å². The van der Waals surface area contributed by atoms with Crippen molar-refractivity contribution >= 4 is 47.3 Å². The average molecular weight is 797 g/mol. The SMILES string of the molecule is CCCOCCOCCOCCOCCC(=O)N[C@H](CCC(=O)O)C(=O)N[C@H](C(=O)N[C@@H](CCCNC(N)=O)C(=O)Nc1ccc(COC(C)=O)cc1)C(C)C. The number of carboxylic acid groups (broad SMARTS) is 1. The number of amides is 6. The molecule has 0 heterocycles. The summed E-state index contributed by atoms with van der Waals surface area (Å²) in [5.41, 5.74) is 6.22. The van der Waals surface area contributed by atoms with E-state index >= 15 is 0 Å². The molecular formula is C37H60N6O13. The molecule has 316 valence electrons. The summed E-state index contributed by atoms with van der Waals surface area (Å²) >= 11 is 0. The predicted molar refractivity (Wildman–Crippen MR) is 203 cm³/mol. The van der Waals surface area contributed by atoms with E-state index in [1.807, 2.05) is 6.92 Å². The van der Waals surface area contributed by atoms with Crippen molar-refractivity contribution in [3.63, 3.8) is 0 Å². The van der Waals surface area contributed by atoms with Gasteiger partial charge >= 0.3 is 18.0 Å². The molecule has 0 bridgehead atoms. The van der Waals surface area contributed by atoms with Crippen molar-refractivity contribution in [2.75, 3.05) is 64.7 Å². The lowest BCUT2D eigenvalue weighted by Crippen LogP contribution is -2.58. The molecule has 19 nitrogen and oxygen atoms in total. The average Bonchev–Trinajstić information content (AvgIpc) is 3.14. The van der Waals surface area contributed by atoms with Gasteiger partial charge in [0, 0.05) is 38.6 Å². The molecule has 0 saturated heterocycles. The van der Waals surface area contributed by atoms with E-state index in [0.29, 0.717) is 44.3 Å². The molecule has 0 spiro atoms. The quantitative estimate of drug-likeness (QED) is 0.0409. The zero-order chi connectivity index (χ0) is 41.7. The van der Waals surface area contributed by atoms with Crippen LogP contribution in [0.1, 0.15) is 71.8 Å². The molecule has 19 heteroatoms. The number of hydrogen-bond acceptors (Lipinski definition) is 12. The maximum absolute atomic E-state index is 13.6. The Balaban J connectivity index is 2.81. The standard InChI is InChI=1S/C37H60N6O13/c1-5-16-52-18-20-54-22-23-55-21-19-53-17-14-31(45)41-30(12-13-32(46)47)35(49)43-33(25(2)3)36(50)42-29(7-6-15-39-37(38)51)34(48)40-28-10-8-27(9-11-28)24-56-26(4)44/h8-11,25,29-30,33H,5-7,12-24H2,1-4H3,(H,40,48)(H,41,45)(H,42,50)(H,43,49)(H,46,47)(H3,38,39,51)/t29-,30+,33-/m0/s1. The first-order valence-corrected chi connectivity index (χ1v) is 18.7. The van der Waals surface area contributed by atoms with Crippen LogP contribution in [0.5, 0.6) is 0 Å². The Hall–Kier alpha value is -4.85. The molecular weight excluding hydrogens is 736 g/mol. The normalized spacial score (nSPS) is 12.5. The van der Waals surface area contributed by atoms with Crippen LogP contribution in [-0.2, 0) is 59.1 Å². The molecule has 56 heavy (non-hydrogen) atoms. The van der Waals surface area contributed by atoms with E-state index in [1.54, 1.807) is 38.1 Å². The van der Waals surface area contributed by atoms with Crippen molar-refractivity contribution in [1.82, 2.24) is 21.3 Å². The Kier molecular flexibility index (Phi) is 25.8. The van der Waals surface area contributed by atoms with Gasteiger partial charge in [0.05, 0.1) is 46.2 Å². The Morgan fingerprint density at radius 1 is 0.714 bits per heavy atom. The number of carbonyl (C=O) groups excluding carboxylic acids is 6. The maximum Gasteiger partial charge on any atom is 0.312 e. The molecule has 8 N–H and O–H groups in total. The largest absolute Gasteiger partial charge is 0.481 e. The van der Waals surface area contributed by atoms with Crippen LogP contribution in [-0.4, -0.2) is 124 Å². The summed E-state index contributed by atoms with van der Waals surface area (Å²) in [4.78, 5) is 86.7. The third-order valence-corrected chi connectivity index (χ3v) is 7.75. The van der Waals surface area contributed by atoms with Crippen LogP contribution in [0, 0.1) is 5.92 Å². The van der Waals surface area contributed by atoms with Crippen molar-refractivity contribution in [2.45, 2.75) is 91.0 Å². The van der Waals surface area contributed by atoms with Crippen molar-refractivity contribution < 1.29 is 62.4 Å². The minimum Gasteiger partial charge on any atom is -0.481 e. The lowest BCUT2D eigenvalue weighted by Gasteiger charge is -2.27. The van der Waals surface area contributed by atoms with Crippen LogP contribution in [0.15, 0.2) is 24.3 Å². The monoisotopic (exact) mass is 796 g/mol. The number of nitrogens with two attached hydrogens (primary N) is 1. The molecule has 0 radical (unpaired) electrons. The van der Waals surface area contributed by atoms with Gasteiger partial charge in [0.15, 0.2) is 0 Å². The Bertz CT molecular complexity index is 1360. The Morgan fingerprint density at radius 3 is 1.82 bits per heavy atom. The molecule has 0 unspecified atom stereocenters. The molecule has 0 aliphatic heterocycles. The van der Waals surface area contributed by atoms with Crippen LogP contribution in [0.3, 0.4) is 0 Å². The Morgan fingerprint density at radius 2 is 1.29 bits per heavy atom. The maximum atomic E-state index is 13.6. The fourth-order valence-corrected chi connectivity index (χ4v) is 4.81. The summed E-state index contributed by atoms with van der Waals surface area (Å²) in [6.45, 7) is 9.78. The number of hydrogen-bond donors (Lipinski definition) is 7. The fraction of sp³-hybridized carbons (Fsp3) is 0.649. The van der Waals surface area contributed by atoms with Gasteiger partial charge in [-0.3, -0.25) is 28.8 Å². The zero-order valence-electron chi connectivity index (χ0n) is 32.9. The zero-order valence-corrected chi connectivity index (χ0v) is 32.9. The molecule has 0 saturated carbocycles. The number of rotatable bonds is 31. The molecule has 6 amide bonds. The van der Waals surface area contributed by atoms with E-state index in [4.69, 9.17) is 29.4 Å². The molecule has 0 aromatic heterocycles. The highest BCUT2D eigenvalue weighted by Crippen LogP contribution is 2.13. The number of urea groups is 1. The highest BCUT2D eigenvalue weighted by molar-refractivity contribution is 5.99. The van der Waals surface area contributed by atoms with Crippen LogP contribution in [0.4, 0.5) is 10.5 Å². The van der Waals surface area contributed by atoms with Gasteiger partial charge in [0.1, 0.15) is 24.7 Å². The second-order valence-corrected chi connectivity index (χ2v) is 12.9. The van der Waals surface area contributed by atoms with Crippen molar-refractivity contribution in [3.05, 3.63) is 29.8 Å². The van der Waals surface area contributed by atoms with E-state index in [0.717, 1.165) is 6.42 Å². The summed E-state index contributed by atoms with van der Waals surface area (Å²) in [6.07, 6.45) is 0.467. The number of nitrogens with one attached hydrogen (secondary N) is 5. The van der Waals surface area contributed by atoms with Crippen LogP contribution in [0.2, 0.25) is 0 Å². The number of aliphatic carboxylic acids is 1. The number of benzene rings is 1. The number of ether oxygens (including phenoxy) is 5. The topological polar surface area (TPSA) is 272 Å². The van der Waals surface area contributed by atoms with Gasteiger partial charge in [-0.25, -0.2) is 4.79 Å². The third kappa shape index (κ3) is 23.8. The third-order valence-electron chi connectivity index (χ3n) is 7.75. The highest BCUT2D eigenvalue weighted by Gasteiger charge is 2.31. The summed E-state index contributed by atoms with van der Waals surface area (Å²) in [5.74, 6) is -4.78. The van der Waals surface area contributed by atoms with Gasteiger partial charge in [-0.05, 0) is 49.3 Å². The number of carbonyl (C=O) groups is 7. The van der Waals surface area contributed by atoms with E-state index < -0.39 is 72.1 Å². The first-order chi connectivity index (χ1) is 26.7. The number of anilines is 1. The second-order valence-electron chi connectivity index (χ2n) is 12.9. The van der Waals surface area contributed by atoms with E-state index in [-0.39, 0.29) is 58.7 Å². The van der Waals surface area contributed by atoms with Crippen molar-refractivity contribution in [1.29, 1.82) is 0 Å². The first-order valence-electron chi connectivity index (χ1n) is 18.7. The van der Waals surface area contributed by atoms with Crippen molar-refractivity contribution in [3.8, 4) is 0 Å². The molecule has 0 aliphatic rings. The smallest absolute Gasteiger partial charge is 0.312 e. The number of esters is 1. The molecule has 0 aliphatic carbocycles. The molecule has 1 aromatic carbocycles. The van der Waals surface area contributed by atoms with Gasteiger partial charge in [-0.2, -0.15) is 0 Å². The van der Waals surface area contributed by atoms with Gasteiger partial charge in [-0.1, -0.05) is 32.9 Å². The first kappa shape index (κ1) is 49.2. The number of carboxylic acids is 1. The van der Waals surface area contributed by atoms with Crippen LogP contribution >= 0.6 is 0 Å². The highest BCUT2D eigenvalue weighted by atomic mass is 16.6.